The van der Waals surface area contributed by atoms with Gasteiger partial charge in [-0.1, -0.05) is 18.2 Å². The minimum absolute atomic E-state index is 0.00874. The van der Waals surface area contributed by atoms with Gasteiger partial charge in [0.25, 0.3) is 0 Å². The van der Waals surface area contributed by atoms with Gasteiger partial charge in [-0.2, -0.15) is 17.5 Å². The quantitative estimate of drug-likeness (QED) is 0.612. The molecule has 1 amide bonds. The minimum atomic E-state index is -4.62. The maximum absolute atomic E-state index is 13.3. The number of alkyl halides is 3. The van der Waals surface area contributed by atoms with Crippen LogP contribution in [0.15, 0.2) is 53.4 Å². The van der Waals surface area contributed by atoms with Crippen molar-refractivity contribution in [2.24, 2.45) is 5.92 Å². The van der Waals surface area contributed by atoms with E-state index in [1.807, 2.05) is 29.2 Å². The van der Waals surface area contributed by atoms with Crippen LogP contribution in [-0.2, 0) is 21.0 Å². The van der Waals surface area contributed by atoms with Crippen molar-refractivity contribution in [1.82, 2.24) is 9.21 Å². The molecule has 0 aromatic heterocycles. The van der Waals surface area contributed by atoms with E-state index in [2.05, 4.69) is 0 Å². The number of rotatable bonds is 5. The lowest BCUT2D eigenvalue weighted by Gasteiger charge is -2.34. The molecule has 0 N–H and O–H groups in total. The molecule has 2 aliphatic heterocycles. The Morgan fingerprint density at radius 3 is 2.29 bits per heavy atom. The van der Waals surface area contributed by atoms with Crippen molar-refractivity contribution in [2.45, 2.75) is 42.8 Å². The first-order valence-corrected chi connectivity index (χ1v) is 12.7. The zero-order valence-electron chi connectivity index (χ0n) is 18.8. The molecule has 2 saturated heterocycles. The highest BCUT2D eigenvalue weighted by molar-refractivity contribution is 7.89. The molecule has 2 aromatic carbocycles. The normalized spacial score (nSPS) is 20.5. The van der Waals surface area contributed by atoms with Gasteiger partial charge in [0.1, 0.15) is 5.75 Å². The molecule has 0 aliphatic carbocycles. The summed E-state index contributed by atoms with van der Waals surface area (Å²) in [6, 6.07) is 11.4. The van der Waals surface area contributed by atoms with E-state index in [4.69, 9.17) is 4.74 Å². The van der Waals surface area contributed by atoms with E-state index in [9.17, 15) is 26.4 Å². The minimum Gasteiger partial charge on any atom is -0.497 e. The third kappa shape index (κ3) is 4.93. The van der Waals surface area contributed by atoms with Crippen molar-refractivity contribution in [2.75, 3.05) is 26.7 Å². The molecule has 1 atom stereocenters. The maximum Gasteiger partial charge on any atom is 0.416 e. The van der Waals surface area contributed by atoms with Crippen LogP contribution in [0.5, 0.6) is 5.75 Å². The Morgan fingerprint density at radius 1 is 1.00 bits per heavy atom. The van der Waals surface area contributed by atoms with Gasteiger partial charge in [-0.05, 0) is 61.6 Å². The molecule has 1 unspecified atom stereocenters. The van der Waals surface area contributed by atoms with E-state index in [-0.39, 0.29) is 35.9 Å². The Balaban J connectivity index is 1.42. The second-order valence-electron chi connectivity index (χ2n) is 8.67. The molecule has 0 saturated carbocycles. The van der Waals surface area contributed by atoms with Crippen LogP contribution in [0.3, 0.4) is 0 Å². The van der Waals surface area contributed by atoms with Crippen LogP contribution < -0.4 is 4.74 Å². The average molecular weight is 497 g/mol. The number of likely N-dealkylation sites (tertiary alicyclic amines) is 1. The fraction of sp³-hybridized carbons (Fsp3) is 0.458. The molecule has 2 aliphatic rings. The lowest BCUT2D eigenvalue weighted by Crippen LogP contribution is -2.44. The van der Waals surface area contributed by atoms with Gasteiger partial charge in [-0.25, -0.2) is 8.42 Å². The van der Waals surface area contributed by atoms with E-state index in [0.717, 1.165) is 36.3 Å². The van der Waals surface area contributed by atoms with Crippen molar-refractivity contribution in [3.63, 3.8) is 0 Å². The fourth-order valence-corrected chi connectivity index (χ4v) is 6.28. The number of halogens is 3. The number of sulfonamides is 1. The van der Waals surface area contributed by atoms with Crippen LogP contribution in [0.25, 0.3) is 0 Å². The van der Waals surface area contributed by atoms with Gasteiger partial charge in [0.15, 0.2) is 0 Å². The lowest BCUT2D eigenvalue weighted by atomic mass is 9.95. The summed E-state index contributed by atoms with van der Waals surface area (Å²) in [6.07, 6.45) is -2.20. The van der Waals surface area contributed by atoms with Gasteiger partial charge in [-0.3, -0.25) is 4.79 Å². The topological polar surface area (TPSA) is 66.9 Å². The first kappa shape index (κ1) is 24.5. The SMILES string of the molecule is COc1ccc(C2CCCN2C(=O)C2CCN(S(=O)(=O)c3cccc(C(F)(F)F)c3)CC2)cc1. The van der Waals surface area contributed by atoms with Crippen LogP contribution in [0.2, 0.25) is 0 Å². The summed E-state index contributed by atoms with van der Waals surface area (Å²) >= 11 is 0. The fourth-order valence-electron chi connectivity index (χ4n) is 4.76. The van der Waals surface area contributed by atoms with Crippen molar-refractivity contribution in [3.8, 4) is 5.75 Å². The molecule has 2 aromatic rings. The maximum atomic E-state index is 13.3. The summed E-state index contributed by atoms with van der Waals surface area (Å²) in [7, 11) is -2.48. The highest BCUT2D eigenvalue weighted by Gasteiger charge is 2.38. The van der Waals surface area contributed by atoms with Crippen LogP contribution in [0.1, 0.15) is 42.9 Å². The summed E-state index contributed by atoms with van der Waals surface area (Å²) in [5.41, 5.74) is 0.0356. The van der Waals surface area contributed by atoms with Crippen LogP contribution in [-0.4, -0.2) is 50.3 Å². The zero-order valence-corrected chi connectivity index (χ0v) is 19.6. The standard InChI is InChI=1S/C24H27F3N2O4S/c1-33-20-9-7-17(8-10-20)22-6-3-13-29(22)23(30)18-11-14-28(15-12-18)34(31,32)21-5-2-4-19(16-21)24(25,26)27/h2,4-5,7-10,16,18,22H,3,6,11-15H2,1H3. The molecular weight excluding hydrogens is 469 g/mol. The molecule has 2 fully saturated rings. The number of hydrogen-bond donors (Lipinski definition) is 0. The van der Waals surface area contributed by atoms with Crippen molar-refractivity contribution in [3.05, 3.63) is 59.7 Å². The van der Waals surface area contributed by atoms with Crippen LogP contribution in [0, 0.1) is 5.92 Å². The van der Waals surface area contributed by atoms with Crippen LogP contribution in [0.4, 0.5) is 13.2 Å². The van der Waals surface area contributed by atoms with Gasteiger partial charge >= 0.3 is 6.18 Å². The van der Waals surface area contributed by atoms with E-state index >= 15 is 0 Å². The number of hydrogen-bond acceptors (Lipinski definition) is 4. The summed E-state index contributed by atoms with van der Waals surface area (Å²) in [4.78, 5) is 14.8. The van der Waals surface area contributed by atoms with E-state index < -0.39 is 21.8 Å². The Bertz CT molecular complexity index is 1130. The Kier molecular flexibility index (Phi) is 6.91. The van der Waals surface area contributed by atoms with Gasteiger partial charge in [0, 0.05) is 25.6 Å². The van der Waals surface area contributed by atoms with Crippen molar-refractivity contribution < 1.29 is 31.1 Å². The average Bonchev–Trinajstić information content (AvgIpc) is 3.33. The smallest absolute Gasteiger partial charge is 0.416 e. The number of carbonyl (C=O) groups is 1. The highest BCUT2D eigenvalue weighted by atomic mass is 32.2. The third-order valence-electron chi connectivity index (χ3n) is 6.64. The molecule has 0 radical (unpaired) electrons. The Morgan fingerprint density at radius 2 is 1.68 bits per heavy atom. The second-order valence-corrected chi connectivity index (χ2v) is 10.6. The summed E-state index contributed by atoms with van der Waals surface area (Å²) < 4.78 is 71.3. The number of amides is 1. The molecule has 2 heterocycles. The molecule has 184 valence electrons. The summed E-state index contributed by atoms with van der Waals surface area (Å²) in [5.74, 6) is 0.440. The molecule has 6 nitrogen and oxygen atoms in total. The third-order valence-corrected chi connectivity index (χ3v) is 8.53. The summed E-state index contributed by atoms with van der Waals surface area (Å²) in [5, 5.41) is 0. The molecule has 34 heavy (non-hydrogen) atoms. The van der Waals surface area contributed by atoms with E-state index in [0.29, 0.717) is 25.5 Å². The molecule has 0 spiro atoms. The number of benzene rings is 2. The molecular formula is C24H27F3N2O4S. The number of ether oxygens (including phenoxy) is 1. The number of nitrogens with zero attached hydrogens (tertiary/aromatic N) is 2. The number of carbonyl (C=O) groups excluding carboxylic acids is 1. The van der Waals surface area contributed by atoms with Crippen molar-refractivity contribution in [1.29, 1.82) is 0 Å². The first-order chi connectivity index (χ1) is 16.1. The van der Waals surface area contributed by atoms with Crippen LogP contribution >= 0.6 is 0 Å². The van der Waals surface area contributed by atoms with E-state index in [1.165, 1.54) is 10.4 Å². The predicted molar refractivity (Wildman–Crippen MR) is 120 cm³/mol. The monoisotopic (exact) mass is 496 g/mol. The Labute approximate surface area is 197 Å². The zero-order chi connectivity index (χ0) is 24.5. The summed E-state index contributed by atoms with van der Waals surface area (Å²) in [6.45, 7) is 0.838. The highest BCUT2D eigenvalue weighted by Crippen LogP contribution is 2.36. The largest absolute Gasteiger partial charge is 0.497 e. The second kappa shape index (κ2) is 9.58. The van der Waals surface area contributed by atoms with E-state index in [1.54, 1.807) is 7.11 Å². The molecule has 0 bridgehead atoms. The predicted octanol–water partition coefficient (Wildman–Crippen LogP) is 4.48. The van der Waals surface area contributed by atoms with Gasteiger partial charge < -0.3 is 9.64 Å². The number of methoxy groups -OCH3 is 1. The van der Waals surface area contributed by atoms with Crippen molar-refractivity contribution >= 4 is 15.9 Å². The number of piperidine rings is 1. The lowest BCUT2D eigenvalue weighted by molar-refractivity contribution is -0.138. The molecule has 10 heteroatoms. The Hall–Kier alpha value is -2.59. The van der Waals surface area contributed by atoms with Gasteiger partial charge in [0.05, 0.1) is 23.6 Å². The first-order valence-electron chi connectivity index (χ1n) is 11.2. The van der Waals surface area contributed by atoms with Gasteiger partial charge in [0.2, 0.25) is 15.9 Å². The van der Waals surface area contributed by atoms with Gasteiger partial charge in [-0.15, -0.1) is 0 Å². The molecule has 4 rings (SSSR count).